The van der Waals surface area contributed by atoms with Crippen molar-refractivity contribution in [3.05, 3.63) is 90.0 Å². The number of nitrogens with one attached hydrogen (secondary N) is 1. The number of rotatable bonds is 7. The van der Waals surface area contributed by atoms with E-state index >= 15 is 0 Å². The van der Waals surface area contributed by atoms with Gasteiger partial charge in [0.1, 0.15) is 11.5 Å². The van der Waals surface area contributed by atoms with Gasteiger partial charge < -0.3 is 14.8 Å². The van der Waals surface area contributed by atoms with Crippen molar-refractivity contribution < 1.29 is 19.1 Å². The summed E-state index contributed by atoms with van der Waals surface area (Å²) in [6, 6.07) is 22.8. The van der Waals surface area contributed by atoms with Gasteiger partial charge in [0.15, 0.2) is 6.10 Å². The molecule has 0 saturated heterocycles. The minimum atomic E-state index is -0.673. The molecular weight excluding hydrogens is 354 g/mol. The van der Waals surface area contributed by atoms with Gasteiger partial charge in [-0.25, -0.2) is 0 Å². The number of methoxy groups -OCH3 is 1. The summed E-state index contributed by atoms with van der Waals surface area (Å²) in [6.07, 6.45) is -0.673. The summed E-state index contributed by atoms with van der Waals surface area (Å²) in [5, 5.41) is 2.83. The zero-order valence-electron chi connectivity index (χ0n) is 15.7. The molecule has 1 N–H and O–H groups in total. The third kappa shape index (κ3) is 4.76. The van der Waals surface area contributed by atoms with E-state index in [-0.39, 0.29) is 11.7 Å². The van der Waals surface area contributed by atoms with Gasteiger partial charge >= 0.3 is 0 Å². The van der Waals surface area contributed by atoms with Gasteiger partial charge in [0.05, 0.1) is 7.11 Å². The first-order valence-electron chi connectivity index (χ1n) is 8.88. The average Bonchev–Trinajstić information content (AvgIpc) is 2.74. The number of anilines is 1. The van der Waals surface area contributed by atoms with Crippen molar-refractivity contribution in [1.82, 2.24) is 0 Å². The van der Waals surface area contributed by atoms with Gasteiger partial charge in [0, 0.05) is 22.9 Å². The highest BCUT2D eigenvalue weighted by atomic mass is 16.5. The number of ether oxygens (including phenoxy) is 2. The largest absolute Gasteiger partial charge is 0.497 e. The fourth-order valence-corrected chi connectivity index (χ4v) is 2.69. The third-order valence-corrected chi connectivity index (χ3v) is 4.18. The molecule has 0 aliphatic rings. The predicted octanol–water partition coefficient (Wildman–Crippen LogP) is 4.60. The van der Waals surface area contributed by atoms with Crippen LogP contribution in [0.5, 0.6) is 11.5 Å². The lowest BCUT2D eigenvalue weighted by Gasteiger charge is -2.15. The lowest BCUT2D eigenvalue weighted by molar-refractivity contribution is 0.0818. The van der Waals surface area contributed by atoms with Crippen molar-refractivity contribution in [2.75, 3.05) is 12.4 Å². The van der Waals surface area contributed by atoms with Crippen LogP contribution >= 0.6 is 0 Å². The number of ketones is 1. The van der Waals surface area contributed by atoms with Crippen LogP contribution in [0.4, 0.5) is 5.69 Å². The van der Waals surface area contributed by atoms with Crippen molar-refractivity contribution in [2.45, 2.75) is 13.0 Å². The minimum absolute atomic E-state index is 0.138. The molecule has 1 amide bonds. The summed E-state index contributed by atoms with van der Waals surface area (Å²) < 4.78 is 10.9. The lowest BCUT2D eigenvalue weighted by Crippen LogP contribution is -2.24. The Balaban J connectivity index is 1.66. The first-order valence-corrected chi connectivity index (χ1v) is 8.88. The summed E-state index contributed by atoms with van der Waals surface area (Å²) in [4.78, 5) is 24.8. The number of hydrogen-bond donors (Lipinski definition) is 1. The van der Waals surface area contributed by atoms with Crippen LogP contribution in [0.1, 0.15) is 27.6 Å². The van der Waals surface area contributed by atoms with Crippen molar-refractivity contribution in [2.24, 2.45) is 0 Å². The maximum Gasteiger partial charge on any atom is 0.255 e. The normalized spacial score (nSPS) is 11.4. The molecule has 0 unspecified atom stereocenters. The molecule has 0 aromatic heterocycles. The molecule has 0 aliphatic carbocycles. The molecule has 1 atom stereocenters. The van der Waals surface area contributed by atoms with Crippen molar-refractivity contribution in [3.8, 4) is 11.5 Å². The molecule has 0 radical (unpaired) electrons. The highest BCUT2D eigenvalue weighted by Crippen LogP contribution is 2.21. The quantitative estimate of drug-likeness (QED) is 0.613. The van der Waals surface area contributed by atoms with E-state index in [2.05, 4.69) is 5.32 Å². The molecule has 3 rings (SSSR count). The minimum Gasteiger partial charge on any atom is -0.497 e. The molecule has 0 saturated carbocycles. The van der Waals surface area contributed by atoms with Crippen LogP contribution in [0, 0.1) is 0 Å². The summed E-state index contributed by atoms with van der Waals surface area (Å²) in [5.74, 6) is 0.841. The second-order valence-corrected chi connectivity index (χ2v) is 6.20. The van der Waals surface area contributed by atoms with Gasteiger partial charge in [-0.05, 0) is 55.5 Å². The highest BCUT2D eigenvalue weighted by Gasteiger charge is 2.17. The standard InChI is InChI=1S/C23H21NO4/c1-16(22(25)17-11-13-20(27-2)14-12-17)28-21-10-6-9-19(15-21)24-23(26)18-7-4-3-5-8-18/h3-16H,1-2H3,(H,24,26)/t16-/m1/s1. The van der Waals surface area contributed by atoms with E-state index in [1.165, 1.54) is 0 Å². The van der Waals surface area contributed by atoms with Crippen molar-refractivity contribution >= 4 is 17.4 Å². The fourth-order valence-electron chi connectivity index (χ4n) is 2.69. The molecule has 0 spiro atoms. The maximum absolute atomic E-state index is 12.6. The lowest BCUT2D eigenvalue weighted by atomic mass is 10.1. The topological polar surface area (TPSA) is 64.6 Å². The Kier molecular flexibility index (Phi) is 6.07. The molecule has 5 nitrogen and oxygen atoms in total. The molecule has 3 aromatic carbocycles. The van der Waals surface area contributed by atoms with Gasteiger partial charge in [-0.3, -0.25) is 9.59 Å². The number of carbonyl (C=O) groups excluding carboxylic acids is 2. The van der Waals surface area contributed by atoms with E-state index in [0.29, 0.717) is 28.3 Å². The van der Waals surface area contributed by atoms with Crippen LogP contribution < -0.4 is 14.8 Å². The SMILES string of the molecule is COc1ccc(C(=O)[C@@H](C)Oc2cccc(NC(=O)c3ccccc3)c2)cc1. The molecule has 28 heavy (non-hydrogen) atoms. The second-order valence-electron chi connectivity index (χ2n) is 6.20. The summed E-state index contributed by atoms with van der Waals surface area (Å²) in [5.41, 5.74) is 1.70. The van der Waals surface area contributed by atoms with Gasteiger partial charge in [0.25, 0.3) is 5.91 Å². The van der Waals surface area contributed by atoms with Gasteiger partial charge in [-0.2, -0.15) is 0 Å². The van der Waals surface area contributed by atoms with Crippen LogP contribution in [-0.2, 0) is 0 Å². The zero-order valence-corrected chi connectivity index (χ0v) is 15.7. The fraction of sp³-hybridized carbons (Fsp3) is 0.130. The van der Waals surface area contributed by atoms with Crippen LogP contribution in [0.2, 0.25) is 0 Å². The van der Waals surface area contributed by atoms with Gasteiger partial charge in [-0.15, -0.1) is 0 Å². The van der Waals surface area contributed by atoms with Crippen LogP contribution in [0.15, 0.2) is 78.9 Å². The monoisotopic (exact) mass is 375 g/mol. The van der Waals surface area contributed by atoms with E-state index in [1.807, 2.05) is 6.07 Å². The molecular formula is C23H21NO4. The van der Waals surface area contributed by atoms with Crippen molar-refractivity contribution in [3.63, 3.8) is 0 Å². The van der Waals surface area contributed by atoms with E-state index in [9.17, 15) is 9.59 Å². The summed E-state index contributed by atoms with van der Waals surface area (Å²) in [7, 11) is 1.58. The first kappa shape index (κ1) is 19.2. The predicted molar refractivity (Wildman–Crippen MR) is 108 cm³/mol. The van der Waals surface area contributed by atoms with Crippen LogP contribution in [0.3, 0.4) is 0 Å². The van der Waals surface area contributed by atoms with Gasteiger partial charge in [0.2, 0.25) is 5.78 Å². The first-order chi connectivity index (χ1) is 13.6. The Hall–Kier alpha value is -3.60. The smallest absolute Gasteiger partial charge is 0.255 e. The van der Waals surface area contributed by atoms with Gasteiger partial charge in [-0.1, -0.05) is 24.3 Å². The number of benzene rings is 3. The van der Waals surface area contributed by atoms with E-state index < -0.39 is 6.10 Å². The number of carbonyl (C=O) groups is 2. The molecule has 0 aliphatic heterocycles. The Morgan fingerprint density at radius 2 is 1.54 bits per heavy atom. The molecule has 0 heterocycles. The van der Waals surface area contributed by atoms with E-state index in [0.717, 1.165) is 0 Å². The molecule has 3 aromatic rings. The van der Waals surface area contributed by atoms with Crippen molar-refractivity contribution in [1.29, 1.82) is 0 Å². The summed E-state index contributed by atoms with van der Waals surface area (Å²) in [6.45, 7) is 1.70. The molecule has 0 bridgehead atoms. The molecule has 0 fully saturated rings. The Labute approximate surface area is 163 Å². The van der Waals surface area contributed by atoms with E-state index in [4.69, 9.17) is 9.47 Å². The zero-order chi connectivity index (χ0) is 19.9. The second kappa shape index (κ2) is 8.86. The van der Waals surface area contributed by atoms with E-state index in [1.54, 1.807) is 86.8 Å². The number of hydrogen-bond acceptors (Lipinski definition) is 4. The third-order valence-electron chi connectivity index (χ3n) is 4.18. The Morgan fingerprint density at radius 3 is 2.21 bits per heavy atom. The average molecular weight is 375 g/mol. The Bertz CT molecular complexity index is 952. The summed E-state index contributed by atoms with van der Waals surface area (Å²) >= 11 is 0. The molecule has 142 valence electrons. The highest BCUT2D eigenvalue weighted by molar-refractivity contribution is 6.04. The maximum atomic E-state index is 12.6. The number of Topliss-reactive ketones (excluding diaryl/α,β-unsaturated/α-hetero) is 1. The Morgan fingerprint density at radius 1 is 0.821 bits per heavy atom. The van der Waals surface area contributed by atoms with Crippen LogP contribution in [0.25, 0.3) is 0 Å². The number of amides is 1. The molecule has 5 heteroatoms. The van der Waals surface area contributed by atoms with Crippen LogP contribution in [-0.4, -0.2) is 24.9 Å².